The molecule has 18 heavy (non-hydrogen) atoms. The first-order chi connectivity index (χ1) is 8.43. The Kier molecular flexibility index (Phi) is 5.43. The van der Waals surface area contributed by atoms with Crippen molar-refractivity contribution in [2.75, 3.05) is 32.5 Å². The van der Waals surface area contributed by atoms with Gasteiger partial charge in [0.25, 0.3) is 0 Å². The van der Waals surface area contributed by atoms with Gasteiger partial charge in [-0.2, -0.15) is 5.10 Å². The van der Waals surface area contributed by atoms with Crippen LogP contribution in [-0.4, -0.2) is 47.3 Å². The van der Waals surface area contributed by atoms with Gasteiger partial charge in [-0.15, -0.1) is 5.10 Å². The number of aryl methyl sites for hydroxylation is 1. The fourth-order valence-corrected chi connectivity index (χ4v) is 1.89. The minimum atomic E-state index is 0.362. The summed E-state index contributed by atoms with van der Waals surface area (Å²) in [5.74, 6) is 0.685. The number of hydrogen-bond acceptors (Lipinski definition) is 5. The average molecular weight is 267 g/mol. The Morgan fingerprint density at radius 1 is 1.33 bits per heavy atom. The highest BCUT2D eigenvalue weighted by atomic mass is 32.1. The minimum Gasteiger partial charge on any atom is -0.389 e. The van der Waals surface area contributed by atoms with E-state index < -0.39 is 0 Å². The van der Waals surface area contributed by atoms with Gasteiger partial charge in [0, 0.05) is 6.54 Å². The number of nitrogens with zero attached hydrogens (tertiary/aromatic N) is 3. The third-order valence-corrected chi connectivity index (χ3v) is 2.98. The molecule has 1 aromatic heterocycles. The fraction of sp³-hybridized carbons (Fsp3) is 0.583. The van der Waals surface area contributed by atoms with Crippen molar-refractivity contribution in [1.82, 2.24) is 15.1 Å². The molecule has 0 aliphatic heterocycles. The number of aromatic nitrogens is 2. The number of rotatable bonds is 6. The summed E-state index contributed by atoms with van der Waals surface area (Å²) in [5, 5.41) is 11.5. The maximum absolute atomic E-state index is 5.75. The van der Waals surface area contributed by atoms with Crippen LogP contribution in [0.3, 0.4) is 0 Å². The Labute approximate surface area is 114 Å². The Hall–Kier alpha value is -1.27. The van der Waals surface area contributed by atoms with Crippen LogP contribution in [-0.2, 0) is 0 Å². The van der Waals surface area contributed by atoms with Gasteiger partial charge >= 0.3 is 0 Å². The predicted octanol–water partition coefficient (Wildman–Crippen LogP) is 1.09. The highest BCUT2D eigenvalue weighted by molar-refractivity contribution is 7.80. The third-order valence-electron chi connectivity index (χ3n) is 2.78. The lowest BCUT2D eigenvalue weighted by atomic mass is 10.1. The first kappa shape index (κ1) is 14.8. The van der Waals surface area contributed by atoms with Crippen LogP contribution in [0, 0.1) is 13.8 Å². The van der Waals surface area contributed by atoms with E-state index in [0.717, 1.165) is 36.3 Å². The first-order valence-corrected chi connectivity index (χ1v) is 6.36. The van der Waals surface area contributed by atoms with E-state index >= 15 is 0 Å². The van der Waals surface area contributed by atoms with Gasteiger partial charge in [0.15, 0.2) is 5.82 Å². The van der Waals surface area contributed by atoms with E-state index in [9.17, 15) is 0 Å². The standard InChI is InChI=1S/C12H21N5S/c1-8-9(2)15-16-12(10(8)11(13)18)14-6-5-7-17(3)4/h5-7H2,1-4H3,(H2,13,18)(H,14,16). The lowest BCUT2D eigenvalue weighted by Gasteiger charge is -2.14. The molecule has 0 saturated heterocycles. The summed E-state index contributed by atoms with van der Waals surface area (Å²) in [6, 6.07) is 0. The van der Waals surface area contributed by atoms with Crippen molar-refractivity contribution >= 4 is 23.0 Å². The molecule has 0 amide bonds. The van der Waals surface area contributed by atoms with Crippen LogP contribution < -0.4 is 11.1 Å². The fourth-order valence-electron chi connectivity index (χ4n) is 1.64. The molecule has 1 aromatic rings. The molecule has 0 fully saturated rings. The lowest BCUT2D eigenvalue weighted by molar-refractivity contribution is 0.405. The largest absolute Gasteiger partial charge is 0.389 e. The number of thiocarbonyl (C=S) groups is 1. The number of anilines is 1. The average Bonchev–Trinajstić information content (AvgIpc) is 2.28. The molecule has 0 atom stereocenters. The molecule has 3 N–H and O–H groups in total. The number of nitrogens with one attached hydrogen (secondary N) is 1. The van der Waals surface area contributed by atoms with Gasteiger partial charge in [0.05, 0.1) is 11.3 Å². The highest BCUT2D eigenvalue weighted by Crippen LogP contribution is 2.18. The second kappa shape index (κ2) is 6.61. The summed E-state index contributed by atoms with van der Waals surface area (Å²) >= 11 is 5.08. The van der Waals surface area contributed by atoms with Gasteiger partial charge in [0.1, 0.15) is 4.99 Å². The van der Waals surface area contributed by atoms with Crippen LogP contribution in [0.2, 0.25) is 0 Å². The maximum Gasteiger partial charge on any atom is 0.159 e. The molecule has 0 unspecified atom stereocenters. The summed E-state index contributed by atoms with van der Waals surface area (Å²) in [4.78, 5) is 2.50. The molecular formula is C12H21N5S. The molecule has 1 heterocycles. The first-order valence-electron chi connectivity index (χ1n) is 5.95. The van der Waals surface area contributed by atoms with Crippen molar-refractivity contribution in [3.63, 3.8) is 0 Å². The minimum absolute atomic E-state index is 0.362. The summed E-state index contributed by atoms with van der Waals surface area (Å²) < 4.78 is 0. The maximum atomic E-state index is 5.75. The topological polar surface area (TPSA) is 67.1 Å². The molecule has 0 saturated carbocycles. The summed E-state index contributed by atoms with van der Waals surface area (Å²) in [5.41, 5.74) is 8.41. The van der Waals surface area contributed by atoms with Crippen molar-refractivity contribution < 1.29 is 0 Å². The molecule has 0 aromatic carbocycles. The molecule has 0 spiro atoms. The molecule has 1 rings (SSSR count). The second-order valence-electron chi connectivity index (χ2n) is 4.58. The Bertz CT molecular complexity index is 431. The highest BCUT2D eigenvalue weighted by Gasteiger charge is 2.12. The molecule has 0 radical (unpaired) electrons. The van der Waals surface area contributed by atoms with Crippen molar-refractivity contribution in [1.29, 1.82) is 0 Å². The van der Waals surface area contributed by atoms with Gasteiger partial charge in [-0.05, 0) is 46.5 Å². The Morgan fingerprint density at radius 2 is 2.00 bits per heavy atom. The normalized spacial score (nSPS) is 10.7. The van der Waals surface area contributed by atoms with Gasteiger partial charge < -0.3 is 16.0 Å². The molecular weight excluding hydrogens is 246 g/mol. The molecule has 0 aliphatic rings. The van der Waals surface area contributed by atoms with Crippen LogP contribution in [0.4, 0.5) is 5.82 Å². The van der Waals surface area contributed by atoms with E-state index in [0.29, 0.717) is 10.8 Å². The molecule has 0 aliphatic carbocycles. The molecule has 5 nitrogen and oxygen atoms in total. The van der Waals surface area contributed by atoms with E-state index in [2.05, 4.69) is 34.5 Å². The van der Waals surface area contributed by atoms with Crippen molar-refractivity contribution in [3.8, 4) is 0 Å². The van der Waals surface area contributed by atoms with Crippen LogP contribution in [0.25, 0.3) is 0 Å². The van der Waals surface area contributed by atoms with E-state index in [4.69, 9.17) is 18.0 Å². The van der Waals surface area contributed by atoms with Crippen LogP contribution in [0.15, 0.2) is 0 Å². The zero-order valence-corrected chi connectivity index (χ0v) is 12.3. The van der Waals surface area contributed by atoms with Gasteiger partial charge in [0.2, 0.25) is 0 Å². The van der Waals surface area contributed by atoms with E-state index in [-0.39, 0.29) is 0 Å². The van der Waals surface area contributed by atoms with E-state index in [1.807, 2.05) is 13.8 Å². The summed E-state index contributed by atoms with van der Waals surface area (Å²) in [6.45, 7) is 5.71. The van der Waals surface area contributed by atoms with Crippen molar-refractivity contribution in [2.24, 2.45) is 5.73 Å². The van der Waals surface area contributed by atoms with Gasteiger partial charge in [-0.3, -0.25) is 0 Å². The van der Waals surface area contributed by atoms with Gasteiger partial charge in [-0.1, -0.05) is 12.2 Å². The lowest BCUT2D eigenvalue weighted by Crippen LogP contribution is -2.20. The monoisotopic (exact) mass is 267 g/mol. The predicted molar refractivity (Wildman–Crippen MR) is 79.1 cm³/mol. The smallest absolute Gasteiger partial charge is 0.159 e. The third kappa shape index (κ3) is 3.89. The zero-order valence-electron chi connectivity index (χ0n) is 11.4. The van der Waals surface area contributed by atoms with Crippen LogP contribution in [0.5, 0.6) is 0 Å². The Balaban J connectivity index is 2.76. The van der Waals surface area contributed by atoms with Crippen LogP contribution >= 0.6 is 12.2 Å². The molecule has 6 heteroatoms. The second-order valence-corrected chi connectivity index (χ2v) is 5.02. The van der Waals surface area contributed by atoms with Crippen LogP contribution in [0.1, 0.15) is 23.2 Å². The zero-order chi connectivity index (χ0) is 13.7. The Morgan fingerprint density at radius 3 is 2.56 bits per heavy atom. The summed E-state index contributed by atoms with van der Waals surface area (Å²) in [7, 11) is 4.10. The quantitative estimate of drug-likeness (QED) is 0.594. The van der Waals surface area contributed by atoms with E-state index in [1.165, 1.54) is 0 Å². The number of nitrogens with two attached hydrogens (primary N) is 1. The SMILES string of the molecule is Cc1nnc(NCCCN(C)C)c(C(N)=S)c1C. The van der Waals surface area contributed by atoms with Gasteiger partial charge in [-0.25, -0.2) is 0 Å². The molecule has 0 bridgehead atoms. The van der Waals surface area contributed by atoms with E-state index in [1.54, 1.807) is 0 Å². The number of hydrogen-bond donors (Lipinski definition) is 2. The molecule has 100 valence electrons. The summed E-state index contributed by atoms with van der Waals surface area (Å²) in [6.07, 6.45) is 1.03. The van der Waals surface area contributed by atoms with Crippen molar-refractivity contribution in [2.45, 2.75) is 20.3 Å². The van der Waals surface area contributed by atoms with Crippen molar-refractivity contribution in [3.05, 3.63) is 16.8 Å².